The quantitative estimate of drug-likeness (QED) is 0.504. The summed E-state index contributed by atoms with van der Waals surface area (Å²) in [6.45, 7) is 3.67. The van der Waals surface area contributed by atoms with Crippen molar-refractivity contribution < 1.29 is 13.9 Å². The lowest BCUT2D eigenvalue weighted by atomic mass is 9.53. The lowest BCUT2D eigenvalue weighted by Crippen LogP contribution is -2.58. The number of nitrogens with one attached hydrogen (secondary N) is 1. The molecule has 3 nitrogen and oxygen atoms in total. The van der Waals surface area contributed by atoms with Crippen molar-refractivity contribution in [3.63, 3.8) is 0 Å². The summed E-state index contributed by atoms with van der Waals surface area (Å²) in [5.41, 5.74) is 2.30. The summed E-state index contributed by atoms with van der Waals surface area (Å²) in [6, 6.07) is 10.5. The molecule has 0 saturated heterocycles. The molecule has 4 bridgehead atoms. The molecule has 5 heteroatoms. The summed E-state index contributed by atoms with van der Waals surface area (Å²) in [6.07, 6.45) is 8.41. The lowest BCUT2D eigenvalue weighted by Gasteiger charge is -2.57. The second kappa shape index (κ2) is 8.63. The minimum Gasteiger partial charge on any atom is -0.490 e. The van der Waals surface area contributed by atoms with Crippen LogP contribution in [0.2, 0.25) is 5.02 Å². The molecule has 0 spiro atoms. The maximum atomic E-state index is 13.3. The van der Waals surface area contributed by atoms with Gasteiger partial charge in [0.1, 0.15) is 12.4 Å². The lowest BCUT2D eigenvalue weighted by molar-refractivity contribution is -0.0206. The van der Waals surface area contributed by atoms with Crippen molar-refractivity contribution in [1.82, 2.24) is 5.32 Å². The first-order valence-corrected chi connectivity index (χ1v) is 12.0. The van der Waals surface area contributed by atoms with Gasteiger partial charge in [0.05, 0.1) is 11.6 Å². The molecule has 6 rings (SSSR count). The maximum absolute atomic E-state index is 13.3. The molecule has 2 aromatic rings. The van der Waals surface area contributed by atoms with Crippen molar-refractivity contribution >= 4 is 11.6 Å². The molecule has 0 amide bonds. The third kappa shape index (κ3) is 4.56. The van der Waals surface area contributed by atoms with Crippen LogP contribution >= 0.6 is 11.6 Å². The molecule has 0 radical (unpaired) electrons. The van der Waals surface area contributed by atoms with E-state index in [0.717, 1.165) is 35.6 Å². The Morgan fingerprint density at radius 3 is 2.32 bits per heavy atom. The van der Waals surface area contributed by atoms with Crippen molar-refractivity contribution in [2.24, 2.45) is 17.8 Å². The van der Waals surface area contributed by atoms with E-state index in [1.165, 1.54) is 56.2 Å². The van der Waals surface area contributed by atoms with Crippen LogP contribution in [-0.4, -0.2) is 12.1 Å². The molecule has 0 unspecified atom stereocenters. The average molecular weight is 444 g/mol. The Balaban J connectivity index is 1.26. The fraction of sp³-hybridized carbons (Fsp3) is 0.538. The van der Waals surface area contributed by atoms with E-state index in [1.807, 2.05) is 13.0 Å². The average Bonchev–Trinajstić information content (AvgIpc) is 2.72. The Morgan fingerprint density at radius 2 is 1.68 bits per heavy atom. The van der Waals surface area contributed by atoms with Crippen LogP contribution in [-0.2, 0) is 13.2 Å². The number of benzene rings is 2. The Morgan fingerprint density at radius 1 is 0.968 bits per heavy atom. The van der Waals surface area contributed by atoms with Crippen LogP contribution in [0.25, 0.3) is 0 Å². The fourth-order valence-corrected chi connectivity index (χ4v) is 6.68. The third-order valence-corrected chi connectivity index (χ3v) is 7.76. The molecule has 4 fully saturated rings. The molecule has 31 heavy (non-hydrogen) atoms. The van der Waals surface area contributed by atoms with Crippen molar-refractivity contribution in [3.8, 4) is 11.5 Å². The molecule has 2 aromatic carbocycles. The zero-order chi connectivity index (χ0) is 21.4. The normalized spacial score (nSPS) is 28.7. The molecule has 166 valence electrons. The van der Waals surface area contributed by atoms with Gasteiger partial charge in [0.15, 0.2) is 11.5 Å². The van der Waals surface area contributed by atoms with E-state index in [2.05, 4.69) is 17.4 Å². The van der Waals surface area contributed by atoms with Crippen LogP contribution in [0, 0.1) is 23.6 Å². The van der Waals surface area contributed by atoms with Gasteiger partial charge in [-0.1, -0.05) is 23.7 Å². The molecule has 4 aliphatic rings. The Kier molecular flexibility index (Phi) is 5.87. The molecule has 0 heterocycles. The first-order chi connectivity index (χ1) is 15.0. The van der Waals surface area contributed by atoms with Crippen LogP contribution in [0.5, 0.6) is 11.5 Å². The summed E-state index contributed by atoms with van der Waals surface area (Å²) in [5, 5.41) is 4.32. The van der Waals surface area contributed by atoms with Gasteiger partial charge in [-0.15, -0.1) is 0 Å². The van der Waals surface area contributed by atoms with Crippen LogP contribution in [0.1, 0.15) is 56.6 Å². The van der Waals surface area contributed by atoms with E-state index < -0.39 is 0 Å². The van der Waals surface area contributed by atoms with Gasteiger partial charge in [0.2, 0.25) is 0 Å². The summed E-state index contributed by atoms with van der Waals surface area (Å²) >= 11 is 6.13. The highest BCUT2D eigenvalue weighted by molar-refractivity contribution is 6.31. The third-order valence-electron chi connectivity index (χ3n) is 7.41. The van der Waals surface area contributed by atoms with Gasteiger partial charge in [-0.25, -0.2) is 4.39 Å². The Hall–Kier alpha value is -1.78. The van der Waals surface area contributed by atoms with Crippen molar-refractivity contribution in [2.45, 2.75) is 64.1 Å². The first-order valence-electron chi connectivity index (χ1n) is 11.6. The Bertz CT molecular complexity index is 912. The molecule has 1 N–H and O–H groups in total. The molecule has 0 aromatic heterocycles. The van der Waals surface area contributed by atoms with Crippen LogP contribution < -0.4 is 14.8 Å². The summed E-state index contributed by atoms with van der Waals surface area (Å²) < 4.78 is 25.1. The predicted molar refractivity (Wildman–Crippen MR) is 121 cm³/mol. The van der Waals surface area contributed by atoms with Gasteiger partial charge in [0, 0.05) is 17.6 Å². The summed E-state index contributed by atoms with van der Waals surface area (Å²) in [4.78, 5) is 0. The highest BCUT2D eigenvalue weighted by Crippen LogP contribution is 2.55. The number of halogens is 2. The highest BCUT2D eigenvalue weighted by atomic mass is 35.5. The van der Waals surface area contributed by atoms with Crippen molar-refractivity contribution in [2.75, 3.05) is 6.61 Å². The highest BCUT2D eigenvalue weighted by Gasteiger charge is 2.50. The summed E-state index contributed by atoms with van der Waals surface area (Å²) in [5.74, 6) is 3.89. The SMILES string of the molecule is CCOc1cc(CNC23CC4CC(CC(C4)C2)C3)ccc1OCc1ccc(F)cc1Cl. The van der Waals surface area contributed by atoms with Crippen molar-refractivity contribution in [3.05, 3.63) is 58.4 Å². The van der Waals surface area contributed by atoms with Gasteiger partial charge in [-0.3, -0.25) is 0 Å². The largest absolute Gasteiger partial charge is 0.490 e. The van der Waals surface area contributed by atoms with Gasteiger partial charge in [0.25, 0.3) is 0 Å². The van der Waals surface area contributed by atoms with Gasteiger partial charge < -0.3 is 14.8 Å². The maximum Gasteiger partial charge on any atom is 0.161 e. The monoisotopic (exact) mass is 443 g/mol. The van der Waals surface area contributed by atoms with Gasteiger partial charge in [-0.05, 0) is 93.0 Å². The summed E-state index contributed by atoms with van der Waals surface area (Å²) in [7, 11) is 0. The zero-order valence-electron chi connectivity index (χ0n) is 18.1. The van der Waals surface area contributed by atoms with Crippen molar-refractivity contribution in [1.29, 1.82) is 0 Å². The van der Waals surface area contributed by atoms with Crippen LogP contribution in [0.4, 0.5) is 4.39 Å². The first kappa shape index (κ1) is 21.1. The van der Waals surface area contributed by atoms with E-state index in [4.69, 9.17) is 21.1 Å². The Labute approximate surface area is 189 Å². The van der Waals surface area contributed by atoms with E-state index in [9.17, 15) is 4.39 Å². The molecule has 0 atom stereocenters. The zero-order valence-corrected chi connectivity index (χ0v) is 18.9. The van der Waals surface area contributed by atoms with E-state index in [1.54, 1.807) is 6.07 Å². The second-order valence-electron chi connectivity index (χ2n) is 9.79. The van der Waals surface area contributed by atoms with Gasteiger partial charge >= 0.3 is 0 Å². The molecule has 4 aliphatic carbocycles. The number of hydrogen-bond donors (Lipinski definition) is 1. The molecular weight excluding hydrogens is 413 g/mol. The topological polar surface area (TPSA) is 30.5 Å². The molecule has 0 aliphatic heterocycles. The molecular formula is C26H31ClFNO2. The minimum atomic E-state index is -0.348. The van der Waals surface area contributed by atoms with E-state index in [0.29, 0.717) is 22.9 Å². The number of hydrogen-bond acceptors (Lipinski definition) is 3. The fourth-order valence-electron chi connectivity index (χ4n) is 6.46. The second-order valence-corrected chi connectivity index (χ2v) is 10.2. The van der Waals surface area contributed by atoms with E-state index >= 15 is 0 Å². The molecule has 4 saturated carbocycles. The number of ether oxygens (including phenoxy) is 2. The number of rotatable bonds is 8. The standard InChI is InChI=1S/C26H31ClFNO2/c1-2-30-25-10-17(3-6-24(25)31-16-21-4-5-22(28)11-23(21)27)15-29-26-12-18-7-19(13-26)9-20(8-18)14-26/h3-6,10-11,18-20,29H,2,7-9,12-16H2,1H3. The van der Waals surface area contributed by atoms with Gasteiger partial charge in [-0.2, -0.15) is 0 Å². The van der Waals surface area contributed by atoms with E-state index in [-0.39, 0.29) is 12.4 Å². The minimum absolute atomic E-state index is 0.268. The van der Waals surface area contributed by atoms with Crippen LogP contribution in [0.3, 0.4) is 0 Å². The van der Waals surface area contributed by atoms with Crippen LogP contribution in [0.15, 0.2) is 36.4 Å². The smallest absolute Gasteiger partial charge is 0.161 e. The predicted octanol–water partition coefficient (Wildman–Crippen LogP) is 6.52.